The first-order valence-corrected chi connectivity index (χ1v) is 8.24. The molecule has 0 saturated carbocycles. The Morgan fingerprint density at radius 3 is 2.52 bits per heavy atom. The summed E-state index contributed by atoms with van der Waals surface area (Å²) in [6, 6.07) is 9.12. The van der Waals surface area contributed by atoms with Gasteiger partial charge in [-0.2, -0.15) is 0 Å². The molecule has 1 amide bonds. The van der Waals surface area contributed by atoms with Crippen LogP contribution in [0.25, 0.3) is 0 Å². The van der Waals surface area contributed by atoms with E-state index in [4.69, 9.17) is 0 Å². The van der Waals surface area contributed by atoms with Crippen LogP contribution in [0.4, 0.5) is 0 Å². The van der Waals surface area contributed by atoms with Crippen LogP contribution in [0.2, 0.25) is 0 Å². The van der Waals surface area contributed by atoms with E-state index in [0.29, 0.717) is 18.4 Å². The molecule has 0 spiro atoms. The molecule has 0 heterocycles. The highest BCUT2D eigenvalue weighted by Gasteiger charge is 2.19. The molecule has 0 saturated heterocycles. The molecule has 0 aliphatic heterocycles. The van der Waals surface area contributed by atoms with Crippen LogP contribution in [0.15, 0.2) is 65.4 Å². The number of carbonyl (C=O) groups is 2. The van der Waals surface area contributed by atoms with Crippen molar-refractivity contribution in [1.82, 2.24) is 5.32 Å². The fourth-order valence-corrected chi connectivity index (χ4v) is 2.71. The zero-order valence-corrected chi connectivity index (χ0v) is 13.8. The molecule has 0 fully saturated rings. The van der Waals surface area contributed by atoms with Crippen LogP contribution in [0.5, 0.6) is 0 Å². The number of hydrogen-bond donors (Lipinski definition) is 1. The first-order chi connectivity index (χ1) is 11.2. The predicted octanol–water partition coefficient (Wildman–Crippen LogP) is 4.34. The maximum absolute atomic E-state index is 12.1. The third-order valence-corrected chi connectivity index (χ3v) is 3.86. The Balaban J connectivity index is 0.000000924. The van der Waals surface area contributed by atoms with E-state index in [0.717, 1.165) is 29.7 Å². The molecule has 0 bridgehead atoms. The second kappa shape index (κ2) is 8.28. The van der Waals surface area contributed by atoms with Gasteiger partial charge in [-0.3, -0.25) is 9.59 Å². The Labute approximate surface area is 137 Å². The summed E-state index contributed by atoms with van der Waals surface area (Å²) in [6.07, 6.45) is 8.90. The normalized spacial score (nSPS) is 16.6. The number of carbonyl (C=O) groups excluding carboxylic acids is 2. The van der Waals surface area contributed by atoms with Gasteiger partial charge in [-0.05, 0) is 43.0 Å². The predicted molar refractivity (Wildman–Crippen MR) is 93.0 cm³/mol. The molecule has 2 aliphatic carbocycles. The lowest BCUT2D eigenvalue weighted by atomic mass is 9.89. The Bertz CT molecular complexity index is 666. The van der Waals surface area contributed by atoms with Gasteiger partial charge in [0.1, 0.15) is 0 Å². The van der Waals surface area contributed by atoms with Gasteiger partial charge in [-0.1, -0.05) is 44.2 Å². The number of benzene rings is 1. The monoisotopic (exact) mass is 309 g/mol. The summed E-state index contributed by atoms with van der Waals surface area (Å²) in [6.45, 7) is 4.00. The number of Topliss-reactive ketones (excluding diaryl/α,β-unsaturated/α-hetero) is 1. The number of nitrogens with one attached hydrogen (secondary N) is 1. The van der Waals surface area contributed by atoms with Gasteiger partial charge in [0, 0.05) is 23.3 Å². The summed E-state index contributed by atoms with van der Waals surface area (Å²) in [5.74, 6) is 0.116. The molecule has 0 aromatic heterocycles. The molecule has 3 nitrogen and oxygen atoms in total. The van der Waals surface area contributed by atoms with Gasteiger partial charge in [0.25, 0.3) is 5.91 Å². The van der Waals surface area contributed by atoms with E-state index in [-0.39, 0.29) is 11.7 Å². The molecule has 1 aromatic carbocycles. The maximum Gasteiger partial charge on any atom is 0.255 e. The summed E-state index contributed by atoms with van der Waals surface area (Å²) in [5, 5.41) is 2.90. The van der Waals surface area contributed by atoms with Gasteiger partial charge < -0.3 is 5.32 Å². The van der Waals surface area contributed by atoms with Crippen LogP contribution in [0, 0.1) is 0 Å². The summed E-state index contributed by atoms with van der Waals surface area (Å²) >= 11 is 0. The minimum atomic E-state index is -0.127. The summed E-state index contributed by atoms with van der Waals surface area (Å²) in [4.78, 5) is 24.1. The van der Waals surface area contributed by atoms with Gasteiger partial charge in [-0.15, -0.1) is 0 Å². The van der Waals surface area contributed by atoms with E-state index < -0.39 is 0 Å². The smallest absolute Gasteiger partial charge is 0.255 e. The topological polar surface area (TPSA) is 46.2 Å². The molecular weight excluding hydrogens is 286 g/mol. The minimum absolute atomic E-state index is 0.127. The van der Waals surface area contributed by atoms with Crippen LogP contribution in [0.3, 0.4) is 0 Å². The summed E-state index contributed by atoms with van der Waals surface area (Å²) in [5.41, 5.74) is 3.41. The number of amides is 1. The van der Waals surface area contributed by atoms with Gasteiger partial charge in [0.15, 0.2) is 5.78 Å². The summed E-state index contributed by atoms with van der Waals surface area (Å²) < 4.78 is 0. The Morgan fingerprint density at radius 1 is 1.04 bits per heavy atom. The molecule has 1 aromatic rings. The van der Waals surface area contributed by atoms with Crippen LogP contribution in [0.1, 0.15) is 49.9 Å². The largest absolute Gasteiger partial charge is 0.322 e. The third-order valence-electron chi connectivity index (χ3n) is 3.86. The molecule has 23 heavy (non-hydrogen) atoms. The van der Waals surface area contributed by atoms with Gasteiger partial charge in [0.05, 0.1) is 0 Å². The van der Waals surface area contributed by atoms with Crippen LogP contribution in [-0.2, 0) is 4.79 Å². The molecule has 2 aliphatic rings. The second-order valence-corrected chi connectivity index (χ2v) is 5.30. The highest BCUT2D eigenvalue weighted by atomic mass is 16.1. The zero-order chi connectivity index (χ0) is 16.7. The lowest BCUT2D eigenvalue weighted by Crippen LogP contribution is -2.21. The fourth-order valence-electron chi connectivity index (χ4n) is 2.71. The quantitative estimate of drug-likeness (QED) is 0.883. The van der Waals surface area contributed by atoms with Crippen molar-refractivity contribution >= 4 is 11.7 Å². The van der Waals surface area contributed by atoms with E-state index in [2.05, 4.69) is 5.32 Å². The van der Waals surface area contributed by atoms with Crippen molar-refractivity contribution in [3.05, 3.63) is 71.0 Å². The van der Waals surface area contributed by atoms with Crippen LogP contribution >= 0.6 is 0 Å². The van der Waals surface area contributed by atoms with E-state index in [1.807, 2.05) is 50.3 Å². The van der Waals surface area contributed by atoms with E-state index in [9.17, 15) is 9.59 Å². The van der Waals surface area contributed by atoms with Crippen molar-refractivity contribution in [3.8, 4) is 0 Å². The molecule has 3 rings (SSSR count). The van der Waals surface area contributed by atoms with E-state index in [1.54, 1.807) is 12.1 Å². The Kier molecular flexibility index (Phi) is 6.10. The molecule has 0 radical (unpaired) electrons. The Hall–Kier alpha value is -2.42. The lowest BCUT2D eigenvalue weighted by molar-refractivity contribution is -0.116. The van der Waals surface area contributed by atoms with E-state index >= 15 is 0 Å². The Morgan fingerprint density at radius 2 is 1.78 bits per heavy atom. The number of rotatable bonds is 2. The average molecular weight is 309 g/mol. The molecule has 0 atom stereocenters. The van der Waals surface area contributed by atoms with Crippen molar-refractivity contribution in [3.63, 3.8) is 0 Å². The van der Waals surface area contributed by atoms with Crippen molar-refractivity contribution in [2.24, 2.45) is 0 Å². The first-order valence-electron chi connectivity index (χ1n) is 8.24. The highest BCUT2D eigenvalue weighted by molar-refractivity contribution is 5.98. The lowest BCUT2D eigenvalue weighted by Gasteiger charge is -2.14. The van der Waals surface area contributed by atoms with Crippen LogP contribution < -0.4 is 5.32 Å². The molecule has 0 unspecified atom stereocenters. The first kappa shape index (κ1) is 16.9. The van der Waals surface area contributed by atoms with Gasteiger partial charge >= 0.3 is 0 Å². The molecule has 120 valence electrons. The standard InChI is InChI=1S/C18H17NO2.C2H6/c20-17-8-4-7-13-9-10-15(11-12-16(13)17)19-18(21)14-5-2-1-3-6-14;1-2/h1-3,5-6,9-11H,4,7-8,12H2,(H,19,21);1-2H3. The van der Waals surface area contributed by atoms with Crippen LogP contribution in [-0.4, -0.2) is 11.7 Å². The third kappa shape index (κ3) is 4.28. The SMILES string of the molecule is CC.O=C1CCCC2=C1CC=C(NC(=O)c1ccccc1)C=C2. The van der Waals surface area contributed by atoms with Crippen molar-refractivity contribution < 1.29 is 9.59 Å². The maximum atomic E-state index is 12.1. The molecular formula is C20H23NO2. The van der Waals surface area contributed by atoms with Crippen molar-refractivity contribution in [2.45, 2.75) is 39.5 Å². The average Bonchev–Trinajstić information content (AvgIpc) is 2.81. The van der Waals surface area contributed by atoms with E-state index in [1.165, 1.54) is 0 Å². The summed E-state index contributed by atoms with van der Waals surface area (Å²) in [7, 11) is 0. The van der Waals surface area contributed by atoms with Crippen molar-refractivity contribution in [2.75, 3.05) is 0 Å². The zero-order valence-electron chi connectivity index (χ0n) is 13.8. The fraction of sp³-hybridized carbons (Fsp3) is 0.300. The van der Waals surface area contributed by atoms with Gasteiger partial charge in [-0.25, -0.2) is 0 Å². The minimum Gasteiger partial charge on any atom is -0.322 e. The number of allylic oxidation sites excluding steroid dienone is 5. The van der Waals surface area contributed by atoms with Gasteiger partial charge in [0.2, 0.25) is 0 Å². The second-order valence-electron chi connectivity index (χ2n) is 5.30. The number of ketones is 1. The highest BCUT2D eigenvalue weighted by Crippen LogP contribution is 2.28. The molecule has 3 heteroatoms. The number of hydrogen-bond acceptors (Lipinski definition) is 2. The van der Waals surface area contributed by atoms with Crippen molar-refractivity contribution in [1.29, 1.82) is 0 Å². The molecule has 1 N–H and O–H groups in total.